The Labute approximate surface area is 151 Å². The van der Waals surface area contributed by atoms with E-state index >= 15 is 0 Å². The summed E-state index contributed by atoms with van der Waals surface area (Å²) in [6.07, 6.45) is 0. The molecule has 0 saturated heterocycles. The van der Waals surface area contributed by atoms with E-state index in [0.717, 1.165) is 16.7 Å². The summed E-state index contributed by atoms with van der Waals surface area (Å²) in [6.45, 7) is 0.452. The van der Waals surface area contributed by atoms with Crippen molar-refractivity contribution in [3.05, 3.63) is 88.9 Å². The van der Waals surface area contributed by atoms with Gasteiger partial charge in [-0.25, -0.2) is 4.79 Å². The maximum absolute atomic E-state index is 12.1. The molecule has 0 radical (unpaired) electrons. The van der Waals surface area contributed by atoms with Crippen LogP contribution in [-0.2, 0) is 11.3 Å². The van der Waals surface area contributed by atoms with Gasteiger partial charge < -0.3 is 9.47 Å². The van der Waals surface area contributed by atoms with Gasteiger partial charge in [-0.1, -0.05) is 54.1 Å². The van der Waals surface area contributed by atoms with E-state index in [-0.39, 0.29) is 0 Å². The van der Waals surface area contributed by atoms with E-state index in [9.17, 15) is 4.79 Å². The highest BCUT2D eigenvalue weighted by Crippen LogP contribution is 2.30. The monoisotopic (exact) mass is 352 g/mol. The smallest absolute Gasteiger partial charge is 0.338 e. The second kappa shape index (κ2) is 7.86. The molecule has 3 nitrogen and oxygen atoms in total. The number of ether oxygens (including phenoxy) is 2. The van der Waals surface area contributed by atoms with Crippen LogP contribution < -0.4 is 4.74 Å². The Morgan fingerprint density at radius 2 is 1.76 bits per heavy atom. The predicted octanol–water partition coefficient (Wildman–Crippen LogP) is 5.37. The first kappa shape index (κ1) is 17.1. The molecule has 0 atom stereocenters. The molecule has 25 heavy (non-hydrogen) atoms. The Hall–Kier alpha value is -2.78. The molecule has 3 rings (SSSR count). The molecule has 0 bridgehead atoms. The van der Waals surface area contributed by atoms with Gasteiger partial charge >= 0.3 is 5.97 Å². The van der Waals surface area contributed by atoms with Crippen LogP contribution in [0.4, 0.5) is 0 Å². The minimum Gasteiger partial charge on any atom is -0.489 e. The molecule has 0 unspecified atom stereocenters. The Balaban J connectivity index is 1.94. The maximum atomic E-state index is 12.1. The van der Waals surface area contributed by atoms with E-state index < -0.39 is 5.97 Å². The summed E-state index contributed by atoms with van der Waals surface area (Å²) in [5, 5.41) is 0.601. The highest BCUT2D eigenvalue weighted by Gasteiger charge is 2.15. The lowest BCUT2D eigenvalue weighted by Crippen LogP contribution is -2.04. The number of rotatable bonds is 5. The molecule has 4 heteroatoms. The summed E-state index contributed by atoms with van der Waals surface area (Å²) in [7, 11) is 1.36. The van der Waals surface area contributed by atoms with Gasteiger partial charge in [0.25, 0.3) is 0 Å². The molecule has 0 aliphatic carbocycles. The summed E-state index contributed by atoms with van der Waals surface area (Å²) in [4.78, 5) is 12.1. The minimum atomic E-state index is -0.399. The molecule has 0 amide bonds. The minimum absolute atomic E-state index is 0.399. The third-order valence-corrected chi connectivity index (χ3v) is 4.02. The van der Waals surface area contributed by atoms with Crippen LogP contribution in [0.25, 0.3) is 11.1 Å². The number of carbonyl (C=O) groups is 1. The van der Waals surface area contributed by atoms with Crippen LogP contribution >= 0.6 is 11.6 Å². The van der Waals surface area contributed by atoms with Gasteiger partial charge in [-0.2, -0.15) is 0 Å². The topological polar surface area (TPSA) is 35.5 Å². The number of carbonyl (C=O) groups excluding carboxylic acids is 1. The van der Waals surface area contributed by atoms with Crippen LogP contribution in [0.15, 0.2) is 72.8 Å². The van der Waals surface area contributed by atoms with Crippen molar-refractivity contribution in [1.82, 2.24) is 0 Å². The highest BCUT2D eigenvalue weighted by molar-refractivity contribution is 6.30. The fraction of sp³-hybridized carbons (Fsp3) is 0.0952. The molecule has 0 N–H and O–H groups in total. The van der Waals surface area contributed by atoms with Crippen molar-refractivity contribution in [2.45, 2.75) is 6.61 Å². The number of halogens is 1. The fourth-order valence-electron chi connectivity index (χ4n) is 2.54. The molecule has 0 fully saturated rings. The normalized spacial score (nSPS) is 10.3. The summed E-state index contributed by atoms with van der Waals surface area (Å²) in [6, 6.07) is 22.6. The Bertz CT molecular complexity index is 875. The maximum Gasteiger partial charge on any atom is 0.338 e. The van der Waals surface area contributed by atoms with Gasteiger partial charge in [-0.3, -0.25) is 0 Å². The number of hydrogen-bond donors (Lipinski definition) is 0. The molecule has 0 spiro atoms. The lowest BCUT2D eigenvalue weighted by atomic mass is 9.99. The van der Waals surface area contributed by atoms with Crippen LogP contribution in [0.3, 0.4) is 0 Å². The third kappa shape index (κ3) is 4.20. The van der Waals surface area contributed by atoms with Crippen LogP contribution in [0, 0.1) is 0 Å². The van der Waals surface area contributed by atoms with Crippen molar-refractivity contribution >= 4 is 17.6 Å². The number of hydrogen-bond acceptors (Lipinski definition) is 3. The van der Waals surface area contributed by atoms with E-state index in [1.807, 2.05) is 54.6 Å². The van der Waals surface area contributed by atoms with Crippen molar-refractivity contribution in [3.63, 3.8) is 0 Å². The molecule has 3 aromatic rings. The zero-order valence-corrected chi connectivity index (χ0v) is 14.5. The average Bonchev–Trinajstić information content (AvgIpc) is 2.66. The molecule has 3 aromatic carbocycles. The largest absolute Gasteiger partial charge is 0.489 e. The van der Waals surface area contributed by atoms with Gasteiger partial charge in [-0.05, 0) is 47.0 Å². The summed E-state index contributed by atoms with van der Waals surface area (Å²) >= 11 is 6.09. The second-order valence-electron chi connectivity index (χ2n) is 5.48. The van der Waals surface area contributed by atoms with Crippen LogP contribution in [0.5, 0.6) is 5.75 Å². The zero-order chi connectivity index (χ0) is 17.6. The predicted molar refractivity (Wildman–Crippen MR) is 99.0 cm³/mol. The van der Waals surface area contributed by atoms with Crippen molar-refractivity contribution in [2.75, 3.05) is 7.11 Å². The Kier molecular flexibility index (Phi) is 5.36. The lowest BCUT2D eigenvalue weighted by molar-refractivity contribution is 0.0601. The fourth-order valence-corrected chi connectivity index (χ4v) is 2.73. The molecule has 0 heterocycles. The SMILES string of the molecule is COC(=O)c1ccc(OCc2ccccc2)cc1-c1cccc(Cl)c1. The Morgan fingerprint density at radius 1 is 0.960 bits per heavy atom. The average molecular weight is 353 g/mol. The zero-order valence-electron chi connectivity index (χ0n) is 13.7. The molecule has 0 saturated carbocycles. The quantitative estimate of drug-likeness (QED) is 0.579. The first-order chi connectivity index (χ1) is 12.2. The van der Waals surface area contributed by atoms with E-state index in [4.69, 9.17) is 21.1 Å². The number of benzene rings is 3. The first-order valence-corrected chi connectivity index (χ1v) is 8.20. The van der Waals surface area contributed by atoms with Crippen LogP contribution in [-0.4, -0.2) is 13.1 Å². The molecule has 0 aliphatic heterocycles. The van der Waals surface area contributed by atoms with Crippen molar-refractivity contribution in [3.8, 4) is 16.9 Å². The Morgan fingerprint density at radius 3 is 2.48 bits per heavy atom. The van der Waals surface area contributed by atoms with Gasteiger partial charge in [0, 0.05) is 5.02 Å². The molecule has 0 aromatic heterocycles. The van der Waals surface area contributed by atoms with E-state index in [0.29, 0.717) is 22.9 Å². The van der Waals surface area contributed by atoms with Crippen molar-refractivity contribution < 1.29 is 14.3 Å². The van der Waals surface area contributed by atoms with Gasteiger partial charge in [0.1, 0.15) is 12.4 Å². The highest BCUT2D eigenvalue weighted by atomic mass is 35.5. The molecular formula is C21H17ClO3. The van der Waals surface area contributed by atoms with Gasteiger partial charge in [0.15, 0.2) is 0 Å². The third-order valence-electron chi connectivity index (χ3n) is 3.78. The number of esters is 1. The van der Waals surface area contributed by atoms with Gasteiger partial charge in [0.2, 0.25) is 0 Å². The second-order valence-corrected chi connectivity index (χ2v) is 5.92. The van der Waals surface area contributed by atoms with E-state index in [2.05, 4.69) is 0 Å². The van der Waals surface area contributed by atoms with Gasteiger partial charge in [-0.15, -0.1) is 0 Å². The summed E-state index contributed by atoms with van der Waals surface area (Å²) in [5.41, 5.74) is 3.10. The summed E-state index contributed by atoms with van der Waals surface area (Å²) < 4.78 is 10.8. The first-order valence-electron chi connectivity index (χ1n) is 7.82. The van der Waals surface area contributed by atoms with E-state index in [1.165, 1.54) is 7.11 Å². The molecular weight excluding hydrogens is 336 g/mol. The molecule has 0 aliphatic rings. The van der Waals surface area contributed by atoms with Gasteiger partial charge in [0.05, 0.1) is 12.7 Å². The molecule has 126 valence electrons. The van der Waals surface area contributed by atoms with Crippen LogP contribution in [0.2, 0.25) is 5.02 Å². The lowest BCUT2D eigenvalue weighted by Gasteiger charge is -2.12. The standard InChI is InChI=1S/C21H17ClO3/c1-24-21(23)19-11-10-18(25-14-15-6-3-2-4-7-15)13-20(19)16-8-5-9-17(22)12-16/h2-13H,14H2,1H3. The van der Waals surface area contributed by atoms with E-state index in [1.54, 1.807) is 18.2 Å². The number of methoxy groups -OCH3 is 1. The van der Waals surface area contributed by atoms with Crippen LogP contribution in [0.1, 0.15) is 15.9 Å². The van der Waals surface area contributed by atoms with Crippen molar-refractivity contribution in [2.24, 2.45) is 0 Å². The van der Waals surface area contributed by atoms with Crippen molar-refractivity contribution in [1.29, 1.82) is 0 Å². The summed E-state index contributed by atoms with van der Waals surface area (Å²) in [5.74, 6) is 0.274.